The SMILES string of the molecule is C[C@H](C#N)C[C@H](NC(=O)c1ccc(-c2ccccc2)cc1)C(N)=O. The molecule has 3 N–H and O–H groups in total. The Morgan fingerprint density at radius 2 is 1.67 bits per heavy atom. The van der Waals surface area contributed by atoms with Crippen molar-refractivity contribution in [3.8, 4) is 17.2 Å². The maximum Gasteiger partial charge on any atom is 0.251 e. The van der Waals surface area contributed by atoms with Crippen molar-refractivity contribution >= 4 is 11.8 Å². The van der Waals surface area contributed by atoms with E-state index < -0.39 is 11.9 Å². The van der Waals surface area contributed by atoms with Crippen LogP contribution in [0.2, 0.25) is 0 Å². The molecular weight excluding hydrogens is 302 g/mol. The molecule has 0 heterocycles. The number of carbonyl (C=O) groups is 2. The predicted molar refractivity (Wildman–Crippen MR) is 91.7 cm³/mol. The van der Waals surface area contributed by atoms with Crippen LogP contribution in [0.5, 0.6) is 0 Å². The van der Waals surface area contributed by atoms with E-state index in [4.69, 9.17) is 11.0 Å². The van der Waals surface area contributed by atoms with Crippen molar-refractivity contribution < 1.29 is 9.59 Å². The van der Waals surface area contributed by atoms with Crippen LogP contribution in [0, 0.1) is 17.2 Å². The van der Waals surface area contributed by atoms with Gasteiger partial charge in [-0.25, -0.2) is 0 Å². The normalized spacial score (nSPS) is 12.7. The number of hydrogen-bond acceptors (Lipinski definition) is 3. The number of nitrogens with zero attached hydrogens (tertiary/aromatic N) is 1. The summed E-state index contributed by atoms with van der Waals surface area (Å²) in [6.07, 6.45) is 0.194. The van der Waals surface area contributed by atoms with Gasteiger partial charge < -0.3 is 11.1 Å². The van der Waals surface area contributed by atoms with Crippen molar-refractivity contribution in [2.45, 2.75) is 19.4 Å². The van der Waals surface area contributed by atoms with Gasteiger partial charge in [0.25, 0.3) is 5.91 Å². The van der Waals surface area contributed by atoms with E-state index in [0.717, 1.165) is 11.1 Å². The summed E-state index contributed by atoms with van der Waals surface area (Å²) in [5, 5.41) is 11.4. The van der Waals surface area contributed by atoms with E-state index >= 15 is 0 Å². The van der Waals surface area contributed by atoms with E-state index in [1.807, 2.05) is 48.5 Å². The van der Waals surface area contributed by atoms with Crippen molar-refractivity contribution in [2.75, 3.05) is 0 Å². The first-order chi connectivity index (χ1) is 11.5. The minimum atomic E-state index is -0.860. The van der Waals surface area contributed by atoms with E-state index in [1.54, 1.807) is 19.1 Å². The number of nitrogens with two attached hydrogens (primary N) is 1. The van der Waals surface area contributed by atoms with Gasteiger partial charge in [0.2, 0.25) is 5.91 Å². The molecule has 2 rings (SSSR count). The first-order valence-electron chi connectivity index (χ1n) is 7.66. The number of nitrogens with one attached hydrogen (secondary N) is 1. The summed E-state index contributed by atoms with van der Waals surface area (Å²) in [6, 6.07) is 18.1. The molecule has 0 fully saturated rings. The van der Waals surface area contributed by atoms with Crippen LogP contribution in [0.25, 0.3) is 11.1 Å². The maximum atomic E-state index is 12.3. The molecule has 24 heavy (non-hydrogen) atoms. The molecule has 5 heteroatoms. The molecule has 0 unspecified atom stereocenters. The van der Waals surface area contributed by atoms with E-state index in [9.17, 15) is 9.59 Å². The fraction of sp³-hybridized carbons (Fsp3) is 0.211. The number of carbonyl (C=O) groups excluding carboxylic acids is 2. The summed E-state index contributed by atoms with van der Waals surface area (Å²) >= 11 is 0. The van der Waals surface area contributed by atoms with Crippen LogP contribution in [-0.2, 0) is 4.79 Å². The number of primary amides is 1. The maximum absolute atomic E-state index is 12.3. The lowest BCUT2D eigenvalue weighted by Crippen LogP contribution is -2.45. The Bertz CT molecular complexity index is 748. The number of amides is 2. The second-order valence-corrected chi connectivity index (χ2v) is 5.64. The standard InChI is InChI=1S/C19H19N3O2/c1-13(12-20)11-17(18(21)23)22-19(24)16-9-7-15(8-10-16)14-5-3-2-4-6-14/h2-10,13,17H,11H2,1H3,(H2,21,23)(H,22,24)/t13-,17-/m0/s1. The molecule has 2 atom stereocenters. The smallest absolute Gasteiger partial charge is 0.251 e. The van der Waals surface area contributed by atoms with E-state index in [1.165, 1.54) is 0 Å². The Kier molecular flexibility index (Phi) is 5.69. The zero-order valence-corrected chi connectivity index (χ0v) is 13.4. The molecule has 0 saturated carbocycles. The van der Waals surface area contributed by atoms with Crippen molar-refractivity contribution in [2.24, 2.45) is 11.7 Å². The molecule has 5 nitrogen and oxygen atoms in total. The molecule has 0 aliphatic rings. The predicted octanol–water partition coefficient (Wildman–Crippen LogP) is 2.49. The van der Waals surface area contributed by atoms with Crippen LogP contribution in [0.4, 0.5) is 0 Å². The molecule has 0 aliphatic carbocycles. The zero-order chi connectivity index (χ0) is 17.5. The van der Waals surface area contributed by atoms with Crippen LogP contribution >= 0.6 is 0 Å². The lowest BCUT2D eigenvalue weighted by Gasteiger charge is -2.16. The Morgan fingerprint density at radius 3 is 2.21 bits per heavy atom. The van der Waals surface area contributed by atoms with Crippen LogP contribution in [0.15, 0.2) is 54.6 Å². The highest BCUT2D eigenvalue weighted by molar-refractivity contribution is 5.97. The molecular formula is C19H19N3O2. The van der Waals surface area contributed by atoms with Crippen molar-refractivity contribution in [3.05, 3.63) is 60.2 Å². The van der Waals surface area contributed by atoms with Gasteiger partial charge >= 0.3 is 0 Å². The summed E-state index contributed by atoms with van der Waals surface area (Å²) in [5.74, 6) is -1.40. The lowest BCUT2D eigenvalue weighted by atomic mass is 10.0. The van der Waals surface area contributed by atoms with Crippen LogP contribution < -0.4 is 11.1 Å². The van der Waals surface area contributed by atoms with Gasteiger partial charge in [0, 0.05) is 11.5 Å². The quantitative estimate of drug-likeness (QED) is 0.855. The van der Waals surface area contributed by atoms with Gasteiger partial charge in [-0.05, 0) is 36.6 Å². The highest BCUT2D eigenvalue weighted by Gasteiger charge is 2.21. The number of nitriles is 1. The highest BCUT2D eigenvalue weighted by atomic mass is 16.2. The van der Waals surface area contributed by atoms with E-state index in [0.29, 0.717) is 5.56 Å². The molecule has 0 radical (unpaired) electrons. The van der Waals surface area contributed by atoms with Gasteiger partial charge in [-0.15, -0.1) is 0 Å². The van der Waals surface area contributed by atoms with Gasteiger partial charge in [0.1, 0.15) is 6.04 Å². The number of rotatable bonds is 6. The van der Waals surface area contributed by atoms with Gasteiger partial charge in [0.05, 0.1) is 6.07 Å². The second-order valence-electron chi connectivity index (χ2n) is 5.64. The minimum Gasteiger partial charge on any atom is -0.368 e. The molecule has 0 spiro atoms. The summed E-state index contributed by atoms with van der Waals surface area (Å²) in [7, 11) is 0. The average Bonchev–Trinajstić information content (AvgIpc) is 2.61. The van der Waals surface area contributed by atoms with Crippen LogP contribution in [-0.4, -0.2) is 17.9 Å². The second kappa shape index (κ2) is 7.93. The summed E-state index contributed by atoms with van der Waals surface area (Å²) < 4.78 is 0. The Balaban J connectivity index is 2.09. The van der Waals surface area contributed by atoms with Crippen LogP contribution in [0.3, 0.4) is 0 Å². The zero-order valence-electron chi connectivity index (χ0n) is 13.4. The van der Waals surface area contributed by atoms with Crippen molar-refractivity contribution in [1.82, 2.24) is 5.32 Å². The molecule has 2 amide bonds. The minimum absolute atomic E-state index is 0.194. The molecule has 2 aromatic rings. The summed E-state index contributed by atoms with van der Waals surface area (Å²) in [5.41, 5.74) is 7.79. The van der Waals surface area contributed by atoms with Crippen molar-refractivity contribution in [1.29, 1.82) is 5.26 Å². The van der Waals surface area contributed by atoms with Crippen molar-refractivity contribution in [3.63, 3.8) is 0 Å². The largest absolute Gasteiger partial charge is 0.368 e. The third-order valence-electron chi connectivity index (χ3n) is 3.71. The summed E-state index contributed by atoms with van der Waals surface area (Å²) in [6.45, 7) is 1.68. The molecule has 0 aromatic heterocycles. The number of benzene rings is 2. The Labute approximate surface area is 141 Å². The number of hydrogen-bond donors (Lipinski definition) is 2. The van der Waals surface area contributed by atoms with Gasteiger partial charge in [-0.1, -0.05) is 42.5 Å². The van der Waals surface area contributed by atoms with Crippen LogP contribution in [0.1, 0.15) is 23.7 Å². The molecule has 0 bridgehead atoms. The first-order valence-corrected chi connectivity index (χ1v) is 7.66. The van der Waals surface area contributed by atoms with E-state index in [2.05, 4.69) is 5.32 Å². The third-order valence-corrected chi connectivity index (χ3v) is 3.71. The molecule has 0 aliphatic heterocycles. The third kappa shape index (κ3) is 4.43. The molecule has 0 saturated heterocycles. The Hall–Kier alpha value is -3.13. The fourth-order valence-electron chi connectivity index (χ4n) is 2.34. The topological polar surface area (TPSA) is 96.0 Å². The van der Waals surface area contributed by atoms with Gasteiger partial charge in [-0.2, -0.15) is 5.26 Å². The fourth-order valence-corrected chi connectivity index (χ4v) is 2.34. The Morgan fingerprint density at radius 1 is 1.08 bits per heavy atom. The first kappa shape index (κ1) is 17.2. The molecule has 2 aromatic carbocycles. The highest BCUT2D eigenvalue weighted by Crippen LogP contribution is 2.19. The van der Waals surface area contributed by atoms with Gasteiger partial charge in [-0.3, -0.25) is 9.59 Å². The average molecular weight is 321 g/mol. The lowest BCUT2D eigenvalue weighted by molar-refractivity contribution is -0.120. The van der Waals surface area contributed by atoms with Gasteiger partial charge in [0.15, 0.2) is 0 Å². The summed E-state index contributed by atoms with van der Waals surface area (Å²) in [4.78, 5) is 23.7. The monoisotopic (exact) mass is 321 g/mol. The molecule has 122 valence electrons. The van der Waals surface area contributed by atoms with E-state index in [-0.39, 0.29) is 18.2 Å².